The molecule has 27 heavy (non-hydrogen) atoms. The molecular weight excluding hydrogens is 387 g/mol. The van der Waals surface area contributed by atoms with Gasteiger partial charge in [-0.1, -0.05) is 29.3 Å². The van der Waals surface area contributed by atoms with Crippen LogP contribution in [0.1, 0.15) is 15.9 Å². The summed E-state index contributed by atoms with van der Waals surface area (Å²) in [6.45, 7) is 0.328. The Morgan fingerprint density at radius 1 is 1.07 bits per heavy atom. The number of carbonyl (C=O) groups excluding carboxylic acids is 1. The molecule has 0 spiro atoms. The second-order valence-corrected chi connectivity index (χ2v) is 6.41. The van der Waals surface area contributed by atoms with Crippen molar-refractivity contribution in [3.8, 4) is 11.5 Å². The van der Waals surface area contributed by atoms with Crippen LogP contribution in [-0.4, -0.2) is 18.0 Å². The first kappa shape index (κ1) is 19.0. The molecule has 1 aromatic heterocycles. The predicted molar refractivity (Wildman–Crippen MR) is 106 cm³/mol. The molecule has 2 aromatic carbocycles. The number of benzene rings is 2. The van der Waals surface area contributed by atoms with E-state index in [1.54, 1.807) is 49.8 Å². The van der Waals surface area contributed by atoms with Crippen LogP contribution in [0.25, 0.3) is 0 Å². The average molecular weight is 403 g/mol. The number of halogens is 2. The van der Waals surface area contributed by atoms with E-state index in [1.807, 2.05) is 12.1 Å². The van der Waals surface area contributed by atoms with Gasteiger partial charge in [-0.2, -0.15) is 0 Å². The third kappa shape index (κ3) is 4.90. The number of rotatable bonds is 6. The normalized spacial score (nSPS) is 10.3. The van der Waals surface area contributed by atoms with Gasteiger partial charge in [0.2, 0.25) is 0 Å². The Hall–Kier alpha value is -2.76. The van der Waals surface area contributed by atoms with Crippen LogP contribution >= 0.6 is 23.2 Å². The molecule has 0 aliphatic rings. The van der Waals surface area contributed by atoms with E-state index in [-0.39, 0.29) is 5.91 Å². The number of ether oxygens (including phenoxy) is 2. The van der Waals surface area contributed by atoms with Gasteiger partial charge in [-0.25, -0.2) is 0 Å². The summed E-state index contributed by atoms with van der Waals surface area (Å²) >= 11 is 11.9. The number of nitrogens with zero attached hydrogens (tertiary/aromatic N) is 1. The highest BCUT2D eigenvalue weighted by Gasteiger charge is 2.11. The van der Waals surface area contributed by atoms with Crippen LogP contribution in [0.5, 0.6) is 11.5 Å². The highest BCUT2D eigenvalue weighted by Crippen LogP contribution is 2.31. The number of hydrogen-bond donors (Lipinski definition) is 1. The maximum atomic E-state index is 12.4. The van der Waals surface area contributed by atoms with Gasteiger partial charge in [-0.15, -0.1) is 0 Å². The van der Waals surface area contributed by atoms with Crippen LogP contribution in [0.3, 0.4) is 0 Å². The summed E-state index contributed by atoms with van der Waals surface area (Å²) in [7, 11) is 1.56. The molecule has 1 heterocycles. The fourth-order valence-corrected chi connectivity index (χ4v) is 2.65. The van der Waals surface area contributed by atoms with Gasteiger partial charge in [0.05, 0.1) is 17.2 Å². The van der Waals surface area contributed by atoms with Gasteiger partial charge in [0.1, 0.15) is 6.61 Å². The van der Waals surface area contributed by atoms with E-state index in [4.69, 9.17) is 32.7 Å². The lowest BCUT2D eigenvalue weighted by molar-refractivity contribution is 0.102. The number of anilines is 1. The molecule has 5 nitrogen and oxygen atoms in total. The lowest BCUT2D eigenvalue weighted by Gasteiger charge is -2.13. The van der Waals surface area contributed by atoms with Crippen molar-refractivity contribution in [3.05, 3.63) is 82.1 Å². The van der Waals surface area contributed by atoms with E-state index in [2.05, 4.69) is 10.3 Å². The molecule has 1 amide bonds. The van der Waals surface area contributed by atoms with Crippen LogP contribution in [0, 0.1) is 0 Å². The van der Waals surface area contributed by atoms with Gasteiger partial charge in [-0.3, -0.25) is 9.78 Å². The molecule has 7 heteroatoms. The number of carbonyl (C=O) groups is 1. The van der Waals surface area contributed by atoms with Crippen molar-refractivity contribution in [2.24, 2.45) is 0 Å². The average Bonchev–Trinajstić information content (AvgIpc) is 2.69. The monoisotopic (exact) mass is 402 g/mol. The molecule has 0 unspecified atom stereocenters. The minimum atomic E-state index is -0.308. The minimum Gasteiger partial charge on any atom is -0.493 e. The Morgan fingerprint density at radius 3 is 2.63 bits per heavy atom. The second-order valence-electron chi connectivity index (χ2n) is 5.60. The van der Waals surface area contributed by atoms with Gasteiger partial charge in [0.25, 0.3) is 5.91 Å². The summed E-state index contributed by atoms with van der Waals surface area (Å²) in [4.78, 5) is 16.5. The van der Waals surface area contributed by atoms with E-state index in [0.717, 1.165) is 5.56 Å². The fourth-order valence-electron chi connectivity index (χ4n) is 2.35. The molecule has 3 aromatic rings. The molecule has 0 saturated heterocycles. The Balaban J connectivity index is 1.75. The number of aromatic nitrogens is 1. The largest absolute Gasteiger partial charge is 0.493 e. The zero-order valence-corrected chi connectivity index (χ0v) is 15.9. The lowest BCUT2D eigenvalue weighted by atomic mass is 10.2. The van der Waals surface area contributed by atoms with Crippen LogP contribution in [-0.2, 0) is 6.61 Å². The first-order valence-corrected chi connectivity index (χ1v) is 8.78. The van der Waals surface area contributed by atoms with Gasteiger partial charge in [-0.05, 0) is 36.4 Å². The first-order chi connectivity index (χ1) is 13.1. The summed E-state index contributed by atoms with van der Waals surface area (Å²) in [5, 5.41) is 3.52. The number of pyridine rings is 1. The molecule has 1 N–H and O–H groups in total. The van der Waals surface area contributed by atoms with E-state index in [9.17, 15) is 4.79 Å². The van der Waals surface area contributed by atoms with E-state index in [0.29, 0.717) is 39.4 Å². The van der Waals surface area contributed by atoms with Crippen molar-refractivity contribution in [2.45, 2.75) is 6.61 Å². The number of nitrogens with one attached hydrogen (secondary N) is 1. The Morgan fingerprint density at radius 2 is 1.93 bits per heavy atom. The molecule has 138 valence electrons. The molecule has 0 aliphatic heterocycles. The SMILES string of the molecule is COc1ccc(NC(=O)c2ccc(Cl)c(Cl)c2)cc1OCc1cccnc1. The molecule has 3 rings (SSSR count). The first-order valence-electron chi connectivity index (χ1n) is 8.03. The topological polar surface area (TPSA) is 60.5 Å². The van der Waals surface area contributed by atoms with Gasteiger partial charge >= 0.3 is 0 Å². The number of hydrogen-bond acceptors (Lipinski definition) is 4. The Bertz CT molecular complexity index is 949. The molecule has 0 fully saturated rings. The van der Waals surface area contributed by atoms with Crippen LogP contribution in [0.2, 0.25) is 10.0 Å². The number of methoxy groups -OCH3 is 1. The van der Waals surface area contributed by atoms with Gasteiger partial charge < -0.3 is 14.8 Å². The van der Waals surface area contributed by atoms with E-state index < -0.39 is 0 Å². The lowest BCUT2D eigenvalue weighted by Crippen LogP contribution is -2.12. The summed E-state index contributed by atoms with van der Waals surface area (Å²) in [5.74, 6) is 0.761. The zero-order valence-electron chi connectivity index (χ0n) is 14.4. The van der Waals surface area contributed by atoms with Gasteiger partial charge in [0, 0.05) is 35.3 Å². The van der Waals surface area contributed by atoms with Crippen LogP contribution in [0.4, 0.5) is 5.69 Å². The molecule has 0 bridgehead atoms. The van der Waals surface area contributed by atoms with Crippen molar-refractivity contribution < 1.29 is 14.3 Å². The maximum absolute atomic E-state index is 12.4. The summed E-state index contributed by atoms with van der Waals surface area (Å²) in [6, 6.07) is 13.6. The quantitative estimate of drug-likeness (QED) is 0.613. The number of amides is 1. The summed E-state index contributed by atoms with van der Waals surface area (Å²) in [5.41, 5.74) is 1.89. The third-order valence-corrected chi connectivity index (χ3v) is 4.46. The molecule has 0 atom stereocenters. The summed E-state index contributed by atoms with van der Waals surface area (Å²) < 4.78 is 11.1. The zero-order chi connectivity index (χ0) is 19.2. The van der Waals surface area contributed by atoms with Crippen molar-refractivity contribution in [1.82, 2.24) is 4.98 Å². The fraction of sp³-hybridized carbons (Fsp3) is 0.100. The van der Waals surface area contributed by atoms with Crippen molar-refractivity contribution >= 4 is 34.8 Å². The van der Waals surface area contributed by atoms with Gasteiger partial charge in [0.15, 0.2) is 11.5 Å². The Kier molecular flexibility index (Phi) is 6.16. The maximum Gasteiger partial charge on any atom is 0.255 e. The predicted octanol–water partition coefficient (Wildman–Crippen LogP) is 5.23. The van der Waals surface area contributed by atoms with Crippen molar-refractivity contribution in [1.29, 1.82) is 0 Å². The van der Waals surface area contributed by atoms with Crippen molar-refractivity contribution in [2.75, 3.05) is 12.4 Å². The molecule has 0 saturated carbocycles. The second kappa shape index (κ2) is 8.75. The molecule has 0 aliphatic carbocycles. The highest BCUT2D eigenvalue weighted by molar-refractivity contribution is 6.42. The Labute approximate surface area is 166 Å². The molecular formula is C20H16Cl2N2O3. The van der Waals surface area contributed by atoms with Crippen LogP contribution < -0.4 is 14.8 Å². The highest BCUT2D eigenvalue weighted by atomic mass is 35.5. The smallest absolute Gasteiger partial charge is 0.255 e. The van der Waals surface area contributed by atoms with Crippen LogP contribution in [0.15, 0.2) is 60.9 Å². The standard InChI is InChI=1S/C20H16Cl2N2O3/c1-26-18-7-5-15(10-19(18)27-12-13-3-2-8-23-11-13)24-20(25)14-4-6-16(21)17(22)9-14/h2-11H,12H2,1H3,(H,24,25). The van der Waals surface area contributed by atoms with E-state index in [1.165, 1.54) is 6.07 Å². The molecule has 0 radical (unpaired) electrons. The minimum absolute atomic E-state index is 0.308. The van der Waals surface area contributed by atoms with E-state index >= 15 is 0 Å². The summed E-state index contributed by atoms with van der Waals surface area (Å²) in [6.07, 6.45) is 3.42. The van der Waals surface area contributed by atoms with Crippen molar-refractivity contribution in [3.63, 3.8) is 0 Å². The third-order valence-electron chi connectivity index (χ3n) is 3.72.